The molecule has 0 aliphatic carbocycles. The van der Waals surface area contributed by atoms with Gasteiger partial charge in [-0.2, -0.15) is 0 Å². The zero-order chi connectivity index (χ0) is 15.4. The van der Waals surface area contributed by atoms with Gasteiger partial charge in [0.2, 0.25) is 0 Å². The Morgan fingerprint density at radius 3 is 1.95 bits per heavy atom. The molecule has 21 heavy (non-hydrogen) atoms. The van der Waals surface area contributed by atoms with Crippen molar-refractivity contribution in [2.75, 3.05) is 14.2 Å². The lowest BCUT2D eigenvalue weighted by Gasteiger charge is -2.15. The Labute approximate surface area is 122 Å². The van der Waals surface area contributed by atoms with Crippen LogP contribution in [0.15, 0.2) is 36.4 Å². The molecule has 2 aromatic rings. The van der Waals surface area contributed by atoms with E-state index in [1.54, 1.807) is 19.2 Å². The highest BCUT2D eigenvalue weighted by Gasteiger charge is 2.18. The summed E-state index contributed by atoms with van der Waals surface area (Å²) in [4.78, 5) is 0. The molecule has 0 radical (unpaired) electrons. The van der Waals surface area contributed by atoms with Crippen LogP contribution in [-0.4, -0.2) is 14.2 Å². The minimum atomic E-state index is -0.774. The van der Waals surface area contributed by atoms with Gasteiger partial charge >= 0.3 is 0 Å². The molecule has 2 N–H and O–H groups in total. The molecule has 0 aliphatic heterocycles. The van der Waals surface area contributed by atoms with Crippen molar-refractivity contribution < 1.29 is 18.3 Å². The van der Waals surface area contributed by atoms with E-state index in [2.05, 4.69) is 0 Å². The molecule has 112 valence electrons. The minimum absolute atomic E-state index is 0.130. The van der Waals surface area contributed by atoms with Crippen molar-refractivity contribution in [2.45, 2.75) is 12.5 Å². The molecule has 2 rings (SSSR count). The number of hydrogen-bond donors (Lipinski definition) is 1. The second-order valence-electron chi connectivity index (χ2n) is 4.66. The Morgan fingerprint density at radius 1 is 0.952 bits per heavy atom. The van der Waals surface area contributed by atoms with Crippen molar-refractivity contribution in [3.63, 3.8) is 0 Å². The van der Waals surface area contributed by atoms with Crippen molar-refractivity contribution in [1.82, 2.24) is 0 Å². The van der Waals surface area contributed by atoms with Gasteiger partial charge in [-0.3, -0.25) is 0 Å². The molecule has 1 unspecified atom stereocenters. The molecule has 0 saturated heterocycles. The van der Waals surface area contributed by atoms with Gasteiger partial charge in [0.15, 0.2) is 0 Å². The molecule has 0 amide bonds. The fraction of sp³-hybridized carbons (Fsp3) is 0.250. The first-order valence-electron chi connectivity index (χ1n) is 6.46. The molecule has 2 aromatic carbocycles. The van der Waals surface area contributed by atoms with Crippen LogP contribution in [-0.2, 0) is 6.42 Å². The van der Waals surface area contributed by atoms with Gasteiger partial charge in [-0.25, -0.2) is 8.78 Å². The van der Waals surface area contributed by atoms with Gasteiger partial charge in [-0.15, -0.1) is 0 Å². The summed E-state index contributed by atoms with van der Waals surface area (Å²) >= 11 is 0. The van der Waals surface area contributed by atoms with E-state index in [-0.39, 0.29) is 11.3 Å². The second-order valence-corrected chi connectivity index (χ2v) is 4.66. The van der Waals surface area contributed by atoms with Crippen molar-refractivity contribution in [1.29, 1.82) is 0 Å². The summed E-state index contributed by atoms with van der Waals surface area (Å²) in [6.07, 6.45) is 0.324. The lowest BCUT2D eigenvalue weighted by atomic mass is 9.98. The van der Waals surface area contributed by atoms with Gasteiger partial charge in [0.05, 0.1) is 14.2 Å². The number of halogens is 2. The topological polar surface area (TPSA) is 44.5 Å². The molecule has 5 heteroatoms. The normalized spacial score (nSPS) is 12.0. The van der Waals surface area contributed by atoms with Gasteiger partial charge in [-0.05, 0) is 24.1 Å². The standard InChI is InChI=1S/C16H17F2NO2/c1-20-11-5-3-10(4-6-11)7-15(19)16-13(17)8-12(21-2)9-14(16)18/h3-6,8-9,15H,7,19H2,1-2H3. The monoisotopic (exact) mass is 293 g/mol. The van der Waals surface area contributed by atoms with E-state index in [0.29, 0.717) is 12.2 Å². The van der Waals surface area contributed by atoms with E-state index in [4.69, 9.17) is 15.2 Å². The summed E-state index contributed by atoms with van der Waals surface area (Å²) in [5, 5.41) is 0. The first kappa shape index (κ1) is 15.3. The van der Waals surface area contributed by atoms with Crippen LogP contribution >= 0.6 is 0 Å². The smallest absolute Gasteiger partial charge is 0.134 e. The minimum Gasteiger partial charge on any atom is -0.497 e. The number of rotatable bonds is 5. The van der Waals surface area contributed by atoms with Crippen molar-refractivity contribution in [2.24, 2.45) is 5.73 Å². The van der Waals surface area contributed by atoms with Gasteiger partial charge < -0.3 is 15.2 Å². The zero-order valence-corrected chi connectivity index (χ0v) is 11.9. The number of ether oxygens (including phenoxy) is 2. The Morgan fingerprint density at radius 2 is 1.48 bits per heavy atom. The maximum Gasteiger partial charge on any atom is 0.134 e. The molecule has 0 saturated carbocycles. The summed E-state index contributed by atoms with van der Waals surface area (Å²) < 4.78 is 37.8. The predicted octanol–water partition coefficient (Wildman–Crippen LogP) is 3.22. The van der Waals surface area contributed by atoms with Gasteiger partial charge in [0.1, 0.15) is 23.1 Å². The van der Waals surface area contributed by atoms with Crippen LogP contribution in [0.3, 0.4) is 0 Å². The van der Waals surface area contributed by atoms with Crippen LogP contribution in [0.2, 0.25) is 0 Å². The summed E-state index contributed by atoms with van der Waals surface area (Å²) in [5.74, 6) is -0.555. The van der Waals surface area contributed by atoms with Crippen molar-refractivity contribution in [3.05, 3.63) is 59.2 Å². The van der Waals surface area contributed by atoms with E-state index in [9.17, 15) is 8.78 Å². The van der Waals surface area contributed by atoms with E-state index >= 15 is 0 Å². The predicted molar refractivity (Wildman–Crippen MR) is 76.5 cm³/mol. The molecular formula is C16H17F2NO2. The summed E-state index contributed by atoms with van der Waals surface area (Å²) in [5.41, 5.74) is 6.68. The van der Waals surface area contributed by atoms with E-state index < -0.39 is 17.7 Å². The highest BCUT2D eigenvalue weighted by molar-refractivity contribution is 5.34. The van der Waals surface area contributed by atoms with Crippen molar-refractivity contribution in [3.8, 4) is 11.5 Å². The van der Waals surface area contributed by atoms with E-state index in [1.807, 2.05) is 12.1 Å². The molecule has 0 heterocycles. The number of methoxy groups -OCH3 is 2. The number of benzene rings is 2. The third kappa shape index (κ3) is 3.49. The Hall–Kier alpha value is -2.14. The Kier molecular flexibility index (Phi) is 4.75. The van der Waals surface area contributed by atoms with Gasteiger partial charge in [0.25, 0.3) is 0 Å². The summed E-state index contributed by atoms with van der Waals surface area (Å²) in [6.45, 7) is 0. The van der Waals surface area contributed by atoms with Crippen molar-refractivity contribution >= 4 is 0 Å². The van der Waals surface area contributed by atoms with Gasteiger partial charge in [-0.1, -0.05) is 12.1 Å². The highest BCUT2D eigenvalue weighted by atomic mass is 19.1. The molecule has 0 bridgehead atoms. The largest absolute Gasteiger partial charge is 0.497 e. The fourth-order valence-electron chi connectivity index (χ4n) is 2.15. The highest BCUT2D eigenvalue weighted by Crippen LogP contribution is 2.27. The number of nitrogens with two attached hydrogens (primary N) is 1. The lowest BCUT2D eigenvalue weighted by Crippen LogP contribution is -2.17. The van der Waals surface area contributed by atoms with Crippen LogP contribution < -0.4 is 15.2 Å². The third-order valence-corrected chi connectivity index (χ3v) is 3.27. The SMILES string of the molecule is COc1ccc(CC(N)c2c(F)cc(OC)cc2F)cc1. The average Bonchev–Trinajstić information content (AvgIpc) is 2.47. The Balaban J connectivity index is 2.21. The average molecular weight is 293 g/mol. The Bertz CT molecular complexity index is 591. The van der Waals surface area contributed by atoms with Crippen LogP contribution in [0.4, 0.5) is 8.78 Å². The molecule has 0 fully saturated rings. The molecule has 1 atom stereocenters. The van der Waals surface area contributed by atoms with Crippen LogP contribution in [0.5, 0.6) is 11.5 Å². The molecular weight excluding hydrogens is 276 g/mol. The maximum atomic E-state index is 13.9. The molecule has 0 aliphatic rings. The number of hydrogen-bond acceptors (Lipinski definition) is 3. The second kappa shape index (κ2) is 6.54. The van der Waals surface area contributed by atoms with Crippen LogP contribution in [0.25, 0.3) is 0 Å². The van der Waals surface area contributed by atoms with Crippen LogP contribution in [0.1, 0.15) is 17.2 Å². The van der Waals surface area contributed by atoms with E-state index in [0.717, 1.165) is 17.7 Å². The van der Waals surface area contributed by atoms with Crippen LogP contribution in [0, 0.1) is 11.6 Å². The first-order valence-corrected chi connectivity index (χ1v) is 6.46. The quantitative estimate of drug-likeness (QED) is 0.920. The third-order valence-electron chi connectivity index (χ3n) is 3.27. The molecule has 0 spiro atoms. The zero-order valence-electron chi connectivity index (χ0n) is 11.9. The van der Waals surface area contributed by atoms with E-state index in [1.165, 1.54) is 7.11 Å². The lowest BCUT2D eigenvalue weighted by molar-refractivity contribution is 0.403. The molecule has 3 nitrogen and oxygen atoms in total. The first-order chi connectivity index (χ1) is 10.0. The summed E-state index contributed by atoms with van der Waals surface area (Å²) in [7, 11) is 2.92. The maximum absolute atomic E-state index is 13.9. The summed E-state index contributed by atoms with van der Waals surface area (Å²) in [6, 6.07) is 8.68. The van der Waals surface area contributed by atoms with Gasteiger partial charge in [0, 0.05) is 23.7 Å². The fourth-order valence-corrected chi connectivity index (χ4v) is 2.15. The molecule has 0 aromatic heterocycles.